The van der Waals surface area contributed by atoms with Crippen molar-refractivity contribution in [3.63, 3.8) is 0 Å². The Balaban J connectivity index is 1.36. The Morgan fingerprint density at radius 3 is 2.85 bits per heavy atom. The number of esters is 1. The molecule has 26 heavy (non-hydrogen) atoms. The number of fused-ring (bicyclic) bond motifs is 2. The van der Waals surface area contributed by atoms with Crippen molar-refractivity contribution in [2.24, 2.45) is 0 Å². The molecule has 6 heteroatoms. The predicted octanol–water partition coefficient (Wildman–Crippen LogP) is 3.70. The van der Waals surface area contributed by atoms with Gasteiger partial charge in [-0.3, -0.25) is 4.79 Å². The van der Waals surface area contributed by atoms with E-state index in [-0.39, 0.29) is 18.6 Å². The van der Waals surface area contributed by atoms with Gasteiger partial charge in [0.2, 0.25) is 0 Å². The number of ether oxygens (including phenoxy) is 2. The molecule has 1 unspecified atom stereocenters. The number of carbonyl (C=O) groups excluding carboxylic acids is 2. The van der Waals surface area contributed by atoms with Crippen molar-refractivity contribution in [2.45, 2.75) is 12.5 Å². The molecule has 0 spiro atoms. The van der Waals surface area contributed by atoms with E-state index in [9.17, 15) is 9.59 Å². The lowest BCUT2D eigenvalue weighted by atomic mass is 10.0. The van der Waals surface area contributed by atoms with Crippen LogP contribution in [0.1, 0.15) is 27.7 Å². The summed E-state index contributed by atoms with van der Waals surface area (Å²) in [6.07, 6.45) is 0.688. The fourth-order valence-electron chi connectivity index (χ4n) is 3.01. The van der Waals surface area contributed by atoms with Gasteiger partial charge < -0.3 is 14.8 Å². The Kier molecular flexibility index (Phi) is 4.58. The van der Waals surface area contributed by atoms with Crippen molar-refractivity contribution in [1.82, 2.24) is 5.32 Å². The van der Waals surface area contributed by atoms with Crippen molar-refractivity contribution >= 4 is 33.3 Å². The number of nitrogens with one attached hydrogen (secondary N) is 1. The zero-order valence-corrected chi connectivity index (χ0v) is 14.8. The van der Waals surface area contributed by atoms with Gasteiger partial charge >= 0.3 is 5.97 Å². The van der Waals surface area contributed by atoms with Crippen LogP contribution in [0.4, 0.5) is 0 Å². The molecule has 2 heterocycles. The SMILES string of the molecule is O=C(COC(=O)c1cc2ccccc2s1)NC1CCOc2ccccc21. The summed E-state index contributed by atoms with van der Waals surface area (Å²) in [7, 11) is 0. The van der Waals surface area contributed by atoms with Crippen LogP contribution in [0.25, 0.3) is 10.1 Å². The van der Waals surface area contributed by atoms with E-state index in [4.69, 9.17) is 9.47 Å². The highest BCUT2D eigenvalue weighted by atomic mass is 32.1. The highest BCUT2D eigenvalue weighted by molar-refractivity contribution is 7.20. The van der Waals surface area contributed by atoms with E-state index in [2.05, 4.69) is 5.32 Å². The largest absolute Gasteiger partial charge is 0.493 e. The minimum Gasteiger partial charge on any atom is -0.493 e. The van der Waals surface area contributed by atoms with E-state index >= 15 is 0 Å². The third-order valence-electron chi connectivity index (χ3n) is 4.25. The van der Waals surface area contributed by atoms with E-state index in [0.717, 1.165) is 21.4 Å². The van der Waals surface area contributed by atoms with Crippen LogP contribution in [0, 0.1) is 0 Å². The summed E-state index contributed by atoms with van der Waals surface area (Å²) in [5.74, 6) is -0.0128. The maximum absolute atomic E-state index is 12.2. The van der Waals surface area contributed by atoms with Crippen molar-refractivity contribution in [2.75, 3.05) is 13.2 Å². The Hall–Kier alpha value is -2.86. The minimum absolute atomic E-state index is 0.129. The number of benzene rings is 2. The summed E-state index contributed by atoms with van der Waals surface area (Å²) in [5, 5.41) is 3.91. The summed E-state index contributed by atoms with van der Waals surface area (Å²) < 4.78 is 11.8. The van der Waals surface area contributed by atoms with Crippen LogP contribution in [0.5, 0.6) is 5.75 Å². The van der Waals surface area contributed by atoms with Crippen LogP contribution in [-0.2, 0) is 9.53 Å². The van der Waals surface area contributed by atoms with Crippen molar-refractivity contribution in [3.05, 3.63) is 65.0 Å². The lowest BCUT2D eigenvalue weighted by molar-refractivity contribution is -0.125. The van der Waals surface area contributed by atoms with E-state index < -0.39 is 5.97 Å². The van der Waals surface area contributed by atoms with Crippen molar-refractivity contribution < 1.29 is 19.1 Å². The van der Waals surface area contributed by atoms with Crippen molar-refractivity contribution in [1.29, 1.82) is 0 Å². The number of para-hydroxylation sites is 1. The van der Waals surface area contributed by atoms with Gasteiger partial charge in [-0.2, -0.15) is 0 Å². The van der Waals surface area contributed by atoms with Gasteiger partial charge in [-0.05, 0) is 23.6 Å². The van der Waals surface area contributed by atoms with E-state index in [0.29, 0.717) is 17.9 Å². The lowest BCUT2D eigenvalue weighted by Gasteiger charge is -2.26. The number of amides is 1. The van der Waals surface area contributed by atoms with Gasteiger partial charge in [0.05, 0.1) is 12.6 Å². The zero-order valence-electron chi connectivity index (χ0n) is 13.9. The summed E-state index contributed by atoms with van der Waals surface area (Å²) in [4.78, 5) is 24.9. The number of carbonyl (C=O) groups is 2. The standard InChI is InChI=1S/C20H17NO4S/c22-19(21-15-9-10-24-16-7-3-2-6-14(15)16)12-25-20(23)18-11-13-5-1-4-8-17(13)26-18/h1-8,11,15H,9-10,12H2,(H,21,22). The van der Waals surface area contributed by atoms with E-state index in [1.807, 2.05) is 48.5 Å². The average molecular weight is 367 g/mol. The number of rotatable bonds is 4. The molecule has 0 saturated heterocycles. The second-order valence-corrected chi connectivity index (χ2v) is 7.10. The molecule has 0 radical (unpaired) electrons. The van der Waals surface area contributed by atoms with Crippen LogP contribution in [-0.4, -0.2) is 25.1 Å². The molecule has 132 valence electrons. The van der Waals surface area contributed by atoms with Crippen LogP contribution < -0.4 is 10.1 Å². The molecule has 0 aliphatic carbocycles. The molecule has 1 atom stereocenters. The Morgan fingerprint density at radius 2 is 1.96 bits per heavy atom. The van der Waals surface area contributed by atoms with Crippen LogP contribution in [0.2, 0.25) is 0 Å². The van der Waals surface area contributed by atoms with Gasteiger partial charge in [0.15, 0.2) is 6.61 Å². The molecule has 1 amide bonds. The molecule has 0 bridgehead atoms. The molecule has 0 saturated carbocycles. The first-order chi connectivity index (χ1) is 12.7. The Labute approximate surface area is 154 Å². The Bertz CT molecular complexity index is 932. The maximum atomic E-state index is 12.2. The molecule has 0 fully saturated rings. The summed E-state index contributed by atoms with van der Waals surface area (Å²) in [5.41, 5.74) is 0.947. The van der Waals surface area contributed by atoms with Crippen molar-refractivity contribution in [3.8, 4) is 5.75 Å². The third-order valence-corrected chi connectivity index (χ3v) is 5.35. The van der Waals surface area contributed by atoms with Gasteiger partial charge in [-0.1, -0.05) is 36.4 Å². The minimum atomic E-state index is -0.478. The first kappa shape index (κ1) is 16.6. The molecule has 1 aromatic heterocycles. The zero-order chi connectivity index (χ0) is 17.9. The summed E-state index contributed by atoms with van der Waals surface area (Å²) in [6, 6.07) is 17.0. The van der Waals surface area contributed by atoms with Gasteiger partial charge in [0, 0.05) is 16.7 Å². The molecule has 2 aromatic carbocycles. The second-order valence-electron chi connectivity index (χ2n) is 6.02. The first-order valence-corrected chi connectivity index (χ1v) is 9.19. The van der Waals surface area contributed by atoms with Gasteiger partial charge in [-0.15, -0.1) is 11.3 Å². The number of hydrogen-bond donors (Lipinski definition) is 1. The molecule has 5 nitrogen and oxygen atoms in total. The molecule has 4 rings (SSSR count). The van der Waals surface area contributed by atoms with Gasteiger partial charge in [0.1, 0.15) is 10.6 Å². The third kappa shape index (κ3) is 3.41. The van der Waals surface area contributed by atoms with Gasteiger partial charge in [-0.25, -0.2) is 4.79 Å². The highest BCUT2D eigenvalue weighted by Gasteiger charge is 2.23. The topological polar surface area (TPSA) is 64.6 Å². The van der Waals surface area contributed by atoms with Crippen LogP contribution >= 0.6 is 11.3 Å². The molecule has 1 aliphatic rings. The number of hydrogen-bond acceptors (Lipinski definition) is 5. The fourth-order valence-corrected chi connectivity index (χ4v) is 3.97. The summed E-state index contributed by atoms with van der Waals surface area (Å²) in [6.45, 7) is 0.246. The maximum Gasteiger partial charge on any atom is 0.348 e. The van der Waals surface area contributed by atoms with E-state index in [1.165, 1.54) is 11.3 Å². The van der Waals surface area contributed by atoms with Crippen LogP contribution in [0.15, 0.2) is 54.6 Å². The highest BCUT2D eigenvalue weighted by Crippen LogP contribution is 2.31. The normalized spacial score (nSPS) is 15.8. The quantitative estimate of drug-likeness (QED) is 0.714. The molecule has 3 aromatic rings. The predicted molar refractivity (Wildman–Crippen MR) is 99.5 cm³/mol. The average Bonchev–Trinajstić information content (AvgIpc) is 3.11. The first-order valence-electron chi connectivity index (χ1n) is 8.37. The summed E-state index contributed by atoms with van der Waals surface area (Å²) >= 11 is 1.36. The number of thiophene rings is 1. The Morgan fingerprint density at radius 1 is 1.15 bits per heavy atom. The van der Waals surface area contributed by atoms with Gasteiger partial charge in [0.25, 0.3) is 5.91 Å². The molecular formula is C20H17NO4S. The lowest BCUT2D eigenvalue weighted by Crippen LogP contribution is -2.35. The molecule has 1 aliphatic heterocycles. The molecule has 1 N–H and O–H groups in total. The van der Waals surface area contributed by atoms with E-state index in [1.54, 1.807) is 6.07 Å². The second kappa shape index (κ2) is 7.17. The monoisotopic (exact) mass is 367 g/mol. The molecular weight excluding hydrogens is 350 g/mol. The smallest absolute Gasteiger partial charge is 0.348 e. The fraction of sp³-hybridized carbons (Fsp3) is 0.200. The van der Waals surface area contributed by atoms with Crippen LogP contribution in [0.3, 0.4) is 0 Å².